The van der Waals surface area contributed by atoms with Crippen LogP contribution in [-0.2, 0) is 9.53 Å². The standard InChI is InChI=1S/C16H24N2O2S/c1-16(2,3)8-10-20-9-7-14(19)18-13-6-4-5-12(11-13)15(17)21/h4-6,11H,7-10H2,1-3H3,(H2,17,21)(H,18,19). The average Bonchev–Trinajstić information content (AvgIpc) is 2.37. The molecule has 1 aromatic rings. The predicted molar refractivity (Wildman–Crippen MR) is 90.5 cm³/mol. The number of carbonyl (C=O) groups is 1. The van der Waals surface area contributed by atoms with Crippen LogP contribution in [0.2, 0.25) is 0 Å². The number of nitrogens with two attached hydrogens (primary N) is 1. The lowest BCUT2D eigenvalue weighted by Gasteiger charge is -2.17. The van der Waals surface area contributed by atoms with Crippen molar-refractivity contribution in [2.24, 2.45) is 11.1 Å². The Hall–Kier alpha value is -1.46. The molecule has 0 spiro atoms. The predicted octanol–water partition coefficient (Wildman–Crippen LogP) is 3.10. The third-order valence-corrected chi connectivity index (χ3v) is 3.14. The SMILES string of the molecule is CC(C)(C)CCOCCC(=O)Nc1cccc(C(N)=S)c1. The fraction of sp³-hybridized carbons (Fsp3) is 0.500. The number of benzene rings is 1. The van der Waals surface area contributed by atoms with Crippen LogP contribution in [0.25, 0.3) is 0 Å². The van der Waals surface area contributed by atoms with Gasteiger partial charge in [0.1, 0.15) is 4.99 Å². The van der Waals surface area contributed by atoms with Gasteiger partial charge in [-0.05, 0) is 24.0 Å². The Balaban J connectivity index is 2.31. The van der Waals surface area contributed by atoms with Crippen LogP contribution >= 0.6 is 12.2 Å². The number of amides is 1. The van der Waals surface area contributed by atoms with Crippen molar-refractivity contribution in [1.29, 1.82) is 0 Å². The summed E-state index contributed by atoms with van der Waals surface area (Å²) in [6, 6.07) is 7.19. The maximum atomic E-state index is 11.8. The van der Waals surface area contributed by atoms with E-state index in [1.54, 1.807) is 12.1 Å². The fourth-order valence-corrected chi connectivity index (χ4v) is 1.75. The Bertz CT molecular complexity index is 495. The smallest absolute Gasteiger partial charge is 0.226 e. The van der Waals surface area contributed by atoms with Gasteiger partial charge < -0.3 is 15.8 Å². The van der Waals surface area contributed by atoms with E-state index < -0.39 is 0 Å². The monoisotopic (exact) mass is 308 g/mol. The van der Waals surface area contributed by atoms with Gasteiger partial charge in [-0.25, -0.2) is 0 Å². The van der Waals surface area contributed by atoms with E-state index in [0.717, 1.165) is 12.0 Å². The second kappa shape index (κ2) is 8.10. The summed E-state index contributed by atoms with van der Waals surface area (Å²) in [6.45, 7) is 7.60. The molecule has 0 unspecified atom stereocenters. The summed E-state index contributed by atoms with van der Waals surface area (Å²) in [4.78, 5) is 12.1. The van der Waals surface area contributed by atoms with Gasteiger partial charge in [-0.2, -0.15) is 0 Å². The van der Waals surface area contributed by atoms with Crippen LogP contribution in [0.5, 0.6) is 0 Å². The fourth-order valence-electron chi connectivity index (χ4n) is 1.62. The van der Waals surface area contributed by atoms with Crippen molar-refractivity contribution < 1.29 is 9.53 Å². The third-order valence-electron chi connectivity index (χ3n) is 2.90. The van der Waals surface area contributed by atoms with E-state index in [1.807, 2.05) is 12.1 Å². The first-order valence-corrected chi connectivity index (χ1v) is 7.46. The summed E-state index contributed by atoms with van der Waals surface area (Å²) >= 11 is 4.91. The first-order chi connectivity index (χ1) is 9.78. The van der Waals surface area contributed by atoms with Crippen LogP contribution in [0.1, 0.15) is 39.2 Å². The largest absolute Gasteiger partial charge is 0.389 e. The van der Waals surface area contributed by atoms with Gasteiger partial charge in [-0.3, -0.25) is 4.79 Å². The number of rotatable bonds is 7. The third kappa shape index (κ3) is 7.78. The maximum Gasteiger partial charge on any atom is 0.226 e. The van der Waals surface area contributed by atoms with Crippen molar-refractivity contribution in [2.45, 2.75) is 33.6 Å². The molecule has 0 fully saturated rings. The number of hydrogen-bond acceptors (Lipinski definition) is 3. The van der Waals surface area contributed by atoms with Gasteiger partial charge >= 0.3 is 0 Å². The summed E-state index contributed by atoms with van der Waals surface area (Å²) < 4.78 is 5.48. The van der Waals surface area contributed by atoms with Crippen LogP contribution in [0, 0.1) is 5.41 Å². The minimum atomic E-state index is -0.0779. The Kier molecular flexibility index (Phi) is 6.78. The van der Waals surface area contributed by atoms with Gasteiger partial charge in [0.25, 0.3) is 0 Å². The molecule has 0 saturated carbocycles. The Morgan fingerprint density at radius 2 is 2.05 bits per heavy atom. The quantitative estimate of drug-likeness (QED) is 0.600. The zero-order chi connectivity index (χ0) is 15.9. The highest BCUT2D eigenvalue weighted by atomic mass is 32.1. The van der Waals surface area contributed by atoms with Gasteiger partial charge in [-0.1, -0.05) is 45.1 Å². The Morgan fingerprint density at radius 3 is 2.67 bits per heavy atom. The average molecular weight is 308 g/mol. The molecule has 0 saturated heterocycles. The molecule has 1 amide bonds. The van der Waals surface area contributed by atoms with E-state index in [9.17, 15) is 4.79 Å². The van der Waals surface area contributed by atoms with Crippen molar-refractivity contribution >= 4 is 28.8 Å². The van der Waals surface area contributed by atoms with Crippen molar-refractivity contribution in [3.8, 4) is 0 Å². The Morgan fingerprint density at radius 1 is 1.33 bits per heavy atom. The van der Waals surface area contributed by atoms with Gasteiger partial charge in [-0.15, -0.1) is 0 Å². The molecule has 0 radical (unpaired) electrons. The molecule has 0 bridgehead atoms. The number of nitrogens with one attached hydrogen (secondary N) is 1. The molecule has 0 heterocycles. The molecule has 3 N–H and O–H groups in total. The summed E-state index contributed by atoms with van der Waals surface area (Å²) in [5.41, 5.74) is 7.25. The van der Waals surface area contributed by atoms with Crippen molar-refractivity contribution in [3.05, 3.63) is 29.8 Å². The topological polar surface area (TPSA) is 64.3 Å². The summed E-state index contributed by atoms with van der Waals surface area (Å²) in [6.07, 6.45) is 1.31. The highest BCUT2D eigenvalue weighted by Gasteiger charge is 2.09. The van der Waals surface area contributed by atoms with Crippen molar-refractivity contribution in [2.75, 3.05) is 18.5 Å². The summed E-state index contributed by atoms with van der Waals surface area (Å²) in [5.74, 6) is -0.0779. The molecule has 0 aromatic heterocycles. The van der Waals surface area contributed by atoms with Gasteiger partial charge in [0.15, 0.2) is 0 Å². The van der Waals surface area contributed by atoms with Crippen LogP contribution in [0.3, 0.4) is 0 Å². The van der Waals surface area contributed by atoms with Crippen LogP contribution in [-0.4, -0.2) is 24.1 Å². The minimum Gasteiger partial charge on any atom is -0.389 e. The first-order valence-electron chi connectivity index (χ1n) is 7.05. The molecular formula is C16H24N2O2S. The van der Waals surface area contributed by atoms with Gasteiger partial charge in [0.2, 0.25) is 5.91 Å². The van der Waals surface area contributed by atoms with E-state index >= 15 is 0 Å². The van der Waals surface area contributed by atoms with Crippen LogP contribution < -0.4 is 11.1 Å². The maximum absolute atomic E-state index is 11.8. The number of thiocarbonyl (C=S) groups is 1. The second-order valence-corrected chi connectivity index (χ2v) is 6.61. The summed E-state index contributed by atoms with van der Waals surface area (Å²) in [5, 5.41) is 2.81. The molecule has 0 aliphatic rings. The number of anilines is 1. The molecule has 116 valence electrons. The second-order valence-electron chi connectivity index (χ2n) is 6.17. The lowest BCUT2D eigenvalue weighted by atomic mass is 9.93. The number of hydrogen-bond donors (Lipinski definition) is 2. The first kappa shape index (κ1) is 17.6. The Labute approximate surface area is 132 Å². The normalized spacial score (nSPS) is 11.2. The van der Waals surface area contributed by atoms with E-state index in [2.05, 4.69) is 26.1 Å². The zero-order valence-electron chi connectivity index (χ0n) is 12.9. The van der Waals surface area contributed by atoms with Crippen molar-refractivity contribution in [3.63, 3.8) is 0 Å². The van der Waals surface area contributed by atoms with Crippen LogP contribution in [0.15, 0.2) is 24.3 Å². The van der Waals surface area contributed by atoms with Gasteiger partial charge in [0.05, 0.1) is 13.0 Å². The highest BCUT2D eigenvalue weighted by Crippen LogP contribution is 2.18. The van der Waals surface area contributed by atoms with E-state index in [1.165, 1.54) is 0 Å². The van der Waals surface area contributed by atoms with Crippen molar-refractivity contribution in [1.82, 2.24) is 0 Å². The molecule has 0 aliphatic carbocycles. The molecular weight excluding hydrogens is 284 g/mol. The van der Waals surface area contributed by atoms with Crippen LogP contribution in [0.4, 0.5) is 5.69 Å². The molecule has 0 aliphatic heterocycles. The van der Waals surface area contributed by atoms with Gasteiger partial charge in [0, 0.05) is 17.9 Å². The zero-order valence-corrected chi connectivity index (χ0v) is 13.8. The highest BCUT2D eigenvalue weighted by molar-refractivity contribution is 7.80. The molecule has 5 heteroatoms. The van der Waals surface area contributed by atoms with E-state index in [-0.39, 0.29) is 11.3 Å². The van der Waals surface area contributed by atoms with E-state index in [4.69, 9.17) is 22.7 Å². The summed E-state index contributed by atoms with van der Waals surface area (Å²) in [7, 11) is 0. The molecule has 21 heavy (non-hydrogen) atoms. The lowest BCUT2D eigenvalue weighted by molar-refractivity contribution is -0.117. The lowest BCUT2D eigenvalue weighted by Crippen LogP contribution is -2.16. The number of carbonyl (C=O) groups excluding carboxylic acids is 1. The molecule has 1 rings (SSSR count). The molecule has 4 nitrogen and oxygen atoms in total. The van der Waals surface area contributed by atoms with E-state index in [0.29, 0.717) is 30.3 Å². The number of ether oxygens (including phenoxy) is 1. The molecule has 1 aromatic carbocycles. The minimum absolute atomic E-state index is 0.0779. The molecule has 0 atom stereocenters.